The third-order valence-corrected chi connectivity index (χ3v) is 4.60. The van der Waals surface area contributed by atoms with Gasteiger partial charge in [-0.05, 0) is 51.7 Å². The predicted molar refractivity (Wildman–Crippen MR) is 99.4 cm³/mol. The number of rotatable bonds is 2. The molecule has 1 N–H and O–H groups in total. The highest BCUT2D eigenvalue weighted by atomic mass is 16.6. The van der Waals surface area contributed by atoms with Crippen LogP contribution in [-0.4, -0.2) is 39.2 Å². The van der Waals surface area contributed by atoms with Gasteiger partial charge in [-0.2, -0.15) is 0 Å². The number of hydrogen-bond acceptors (Lipinski definition) is 4. The molecule has 1 aromatic heterocycles. The Morgan fingerprint density at radius 2 is 1.85 bits per heavy atom. The summed E-state index contributed by atoms with van der Waals surface area (Å²) in [5.41, 5.74) is -0.611. The molecule has 1 fully saturated rings. The van der Waals surface area contributed by atoms with E-state index < -0.39 is 5.60 Å². The Hall–Kier alpha value is -2.57. The van der Waals surface area contributed by atoms with Gasteiger partial charge >= 0.3 is 11.8 Å². The van der Waals surface area contributed by atoms with Gasteiger partial charge in [-0.3, -0.25) is 9.36 Å². The molecule has 7 nitrogen and oxygen atoms in total. The van der Waals surface area contributed by atoms with E-state index in [9.17, 15) is 14.4 Å². The largest absolute Gasteiger partial charge is 0.444 e. The van der Waals surface area contributed by atoms with Crippen LogP contribution in [0.3, 0.4) is 0 Å². The molecule has 1 aliphatic rings. The van der Waals surface area contributed by atoms with Crippen LogP contribution in [0, 0.1) is 5.92 Å². The Kier molecular flexibility index (Phi) is 4.89. The highest BCUT2D eigenvalue weighted by Crippen LogP contribution is 2.20. The first-order valence-electron chi connectivity index (χ1n) is 8.94. The average Bonchev–Trinajstić information content (AvgIpc) is 2.57. The highest BCUT2D eigenvalue weighted by molar-refractivity contribution is 5.76. The van der Waals surface area contributed by atoms with Crippen molar-refractivity contribution in [1.29, 1.82) is 0 Å². The van der Waals surface area contributed by atoms with E-state index in [4.69, 9.17) is 4.74 Å². The molecule has 1 aromatic carbocycles. The molecule has 2 aromatic rings. The topological polar surface area (TPSA) is 84.4 Å². The van der Waals surface area contributed by atoms with Gasteiger partial charge in [-0.1, -0.05) is 12.1 Å². The second-order valence-corrected chi connectivity index (χ2v) is 7.80. The molecule has 0 spiro atoms. The lowest BCUT2D eigenvalue weighted by molar-refractivity contribution is 0.0177. The second-order valence-electron chi connectivity index (χ2n) is 7.80. The number of carbonyl (C=O) groups excluding carboxylic acids is 1. The zero-order chi connectivity index (χ0) is 18.9. The van der Waals surface area contributed by atoms with Crippen LogP contribution < -0.4 is 11.2 Å². The lowest BCUT2D eigenvalue weighted by Crippen LogP contribution is -2.44. The van der Waals surface area contributed by atoms with Gasteiger partial charge in [0.1, 0.15) is 5.60 Å². The Labute approximate surface area is 151 Å². The molecule has 0 bridgehead atoms. The normalized spacial score (nSPS) is 16.0. The fraction of sp³-hybridized carbons (Fsp3) is 0.526. The van der Waals surface area contributed by atoms with Crippen molar-refractivity contribution in [3.63, 3.8) is 0 Å². The highest BCUT2D eigenvalue weighted by Gasteiger charge is 2.27. The first kappa shape index (κ1) is 18.2. The molecule has 2 heterocycles. The Balaban J connectivity index is 1.69. The number of benzene rings is 1. The van der Waals surface area contributed by atoms with E-state index in [0.717, 1.165) is 12.8 Å². The van der Waals surface area contributed by atoms with Crippen LogP contribution in [0.5, 0.6) is 0 Å². The molecule has 0 unspecified atom stereocenters. The Morgan fingerprint density at radius 3 is 2.50 bits per heavy atom. The molecule has 140 valence electrons. The van der Waals surface area contributed by atoms with Gasteiger partial charge in [0.2, 0.25) is 0 Å². The minimum atomic E-state index is -0.514. The van der Waals surface area contributed by atoms with E-state index in [0.29, 0.717) is 30.5 Å². The van der Waals surface area contributed by atoms with Crippen LogP contribution in [0.25, 0.3) is 10.9 Å². The van der Waals surface area contributed by atoms with E-state index in [-0.39, 0.29) is 23.3 Å². The van der Waals surface area contributed by atoms with Crippen LogP contribution in [0.2, 0.25) is 0 Å². The van der Waals surface area contributed by atoms with Crippen molar-refractivity contribution in [3.8, 4) is 0 Å². The SMILES string of the molecule is CC(C)(C)OC(=O)N1CCC(Cn2c(=O)[nH]c3ccccc3c2=O)CC1. The van der Waals surface area contributed by atoms with Crippen LogP contribution >= 0.6 is 0 Å². The van der Waals surface area contributed by atoms with Crippen molar-refractivity contribution < 1.29 is 9.53 Å². The minimum Gasteiger partial charge on any atom is -0.444 e. The van der Waals surface area contributed by atoms with Gasteiger partial charge in [0, 0.05) is 19.6 Å². The first-order chi connectivity index (χ1) is 12.2. The number of piperidine rings is 1. The number of carbonyl (C=O) groups is 1. The van der Waals surface area contributed by atoms with E-state index >= 15 is 0 Å². The smallest absolute Gasteiger partial charge is 0.410 e. The number of aromatic nitrogens is 2. The lowest BCUT2D eigenvalue weighted by atomic mass is 9.97. The number of ether oxygens (including phenoxy) is 1. The summed E-state index contributed by atoms with van der Waals surface area (Å²) in [4.78, 5) is 41.5. The van der Waals surface area contributed by atoms with Crippen LogP contribution in [0.15, 0.2) is 33.9 Å². The van der Waals surface area contributed by atoms with Crippen molar-refractivity contribution in [3.05, 3.63) is 45.1 Å². The van der Waals surface area contributed by atoms with E-state index in [1.807, 2.05) is 20.8 Å². The predicted octanol–water partition coefficient (Wildman–Crippen LogP) is 2.34. The van der Waals surface area contributed by atoms with Gasteiger partial charge in [0.05, 0.1) is 10.9 Å². The number of para-hydroxylation sites is 1. The van der Waals surface area contributed by atoms with Gasteiger partial charge in [-0.15, -0.1) is 0 Å². The van der Waals surface area contributed by atoms with Crippen LogP contribution in [-0.2, 0) is 11.3 Å². The summed E-state index contributed by atoms with van der Waals surface area (Å²) >= 11 is 0. The molecule has 1 amide bonds. The maximum atomic E-state index is 12.6. The standard InChI is InChI=1S/C19H25N3O4/c1-19(2,3)26-18(25)21-10-8-13(9-11-21)12-22-16(23)14-6-4-5-7-15(14)20-17(22)24/h4-7,13H,8-12H2,1-3H3,(H,20,24). The summed E-state index contributed by atoms with van der Waals surface area (Å²) in [5, 5.41) is 0.512. The van der Waals surface area contributed by atoms with Crippen molar-refractivity contribution in [1.82, 2.24) is 14.5 Å². The third-order valence-electron chi connectivity index (χ3n) is 4.60. The molecular formula is C19H25N3O4. The maximum Gasteiger partial charge on any atom is 0.410 e. The van der Waals surface area contributed by atoms with Crippen molar-refractivity contribution in [2.45, 2.75) is 45.8 Å². The van der Waals surface area contributed by atoms with Gasteiger partial charge in [-0.25, -0.2) is 9.59 Å². The summed E-state index contributed by atoms with van der Waals surface area (Å²) in [6.45, 7) is 7.03. The molecule has 26 heavy (non-hydrogen) atoms. The zero-order valence-electron chi connectivity index (χ0n) is 15.4. The first-order valence-corrected chi connectivity index (χ1v) is 8.94. The summed E-state index contributed by atoms with van der Waals surface area (Å²) < 4.78 is 6.67. The fourth-order valence-electron chi connectivity index (χ4n) is 3.25. The maximum absolute atomic E-state index is 12.6. The molecular weight excluding hydrogens is 334 g/mol. The molecule has 0 saturated carbocycles. The van der Waals surface area contributed by atoms with Gasteiger partial charge in [0.25, 0.3) is 5.56 Å². The molecule has 0 aliphatic carbocycles. The van der Waals surface area contributed by atoms with E-state index in [2.05, 4.69) is 4.98 Å². The molecule has 3 rings (SSSR count). The molecule has 0 atom stereocenters. The van der Waals surface area contributed by atoms with Gasteiger partial charge < -0.3 is 14.6 Å². The van der Waals surface area contributed by atoms with Gasteiger partial charge in [0.15, 0.2) is 0 Å². The van der Waals surface area contributed by atoms with Crippen LogP contribution in [0.1, 0.15) is 33.6 Å². The summed E-state index contributed by atoms with van der Waals surface area (Å²) in [6.07, 6.45) is 1.16. The van der Waals surface area contributed by atoms with Crippen molar-refractivity contribution in [2.24, 2.45) is 5.92 Å². The monoisotopic (exact) mass is 359 g/mol. The number of nitrogens with zero attached hydrogens (tertiary/aromatic N) is 2. The second kappa shape index (κ2) is 6.97. The Bertz CT molecular complexity index is 915. The number of fused-ring (bicyclic) bond motifs is 1. The average molecular weight is 359 g/mol. The number of amides is 1. The lowest BCUT2D eigenvalue weighted by Gasteiger charge is -2.33. The number of nitrogens with one attached hydrogen (secondary N) is 1. The number of hydrogen-bond donors (Lipinski definition) is 1. The summed E-state index contributed by atoms with van der Waals surface area (Å²) in [5.74, 6) is 0.175. The number of H-pyrrole nitrogens is 1. The zero-order valence-corrected chi connectivity index (χ0v) is 15.4. The number of aromatic amines is 1. The van der Waals surface area contributed by atoms with Crippen molar-refractivity contribution >= 4 is 17.0 Å². The molecule has 0 radical (unpaired) electrons. The number of likely N-dealkylation sites (tertiary alicyclic amines) is 1. The molecule has 1 saturated heterocycles. The quantitative estimate of drug-likeness (QED) is 0.892. The minimum absolute atomic E-state index is 0.175. The van der Waals surface area contributed by atoms with E-state index in [1.54, 1.807) is 29.2 Å². The Morgan fingerprint density at radius 1 is 1.19 bits per heavy atom. The summed E-state index contributed by atoms with van der Waals surface area (Å²) in [6, 6.07) is 7.01. The molecule has 7 heteroatoms. The van der Waals surface area contributed by atoms with Crippen molar-refractivity contribution in [2.75, 3.05) is 13.1 Å². The molecule has 1 aliphatic heterocycles. The fourth-order valence-corrected chi connectivity index (χ4v) is 3.25. The van der Waals surface area contributed by atoms with E-state index in [1.165, 1.54) is 4.57 Å². The summed E-state index contributed by atoms with van der Waals surface area (Å²) in [7, 11) is 0. The van der Waals surface area contributed by atoms with Crippen LogP contribution in [0.4, 0.5) is 4.79 Å². The third kappa shape index (κ3) is 3.98.